The largest absolute Gasteiger partial charge is 0.342 e. The smallest absolute Gasteiger partial charge is 0.303 e. The highest BCUT2D eigenvalue weighted by atomic mass is 32.2. The molecule has 3 heterocycles. The van der Waals surface area contributed by atoms with Crippen molar-refractivity contribution >= 4 is 50.6 Å². The quantitative estimate of drug-likeness (QED) is 0.220. The summed E-state index contributed by atoms with van der Waals surface area (Å²) < 4.78 is 29.9. The second-order valence-electron chi connectivity index (χ2n) is 20.4. The van der Waals surface area contributed by atoms with Crippen LogP contribution in [0.5, 0.6) is 0 Å². The van der Waals surface area contributed by atoms with E-state index < -0.39 is 74.7 Å². The number of pyridine rings is 1. The van der Waals surface area contributed by atoms with Gasteiger partial charge in [0.05, 0.1) is 11.1 Å². The number of nitrogens with one attached hydrogen (secondary N) is 4. The molecule has 6 aliphatic rings. The first-order valence-electron chi connectivity index (χ1n) is 22.3. The van der Waals surface area contributed by atoms with Crippen molar-refractivity contribution in [1.82, 2.24) is 34.9 Å². The molecule has 14 nitrogen and oxygen atoms in total. The van der Waals surface area contributed by atoms with E-state index in [0.717, 1.165) is 51.4 Å². The molecule has 2 aliphatic heterocycles. The van der Waals surface area contributed by atoms with Gasteiger partial charge in [-0.15, -0.1) is 6.58 Å². The van der Waals surface area contributed by atoms with Crippen molar-refractivity contribution in [3.05, 3.63) is 54.7 Å². The van der Waals surface area contributed by atoms with Crippen LogP contribution < -0.4 is 20.7 Å². The minimum absolute atomic E-state index is 0.0381. The third-order valence-corrected chi connectivity index (χ3v) is 17.5. The number of nitrogens with zero attached hydrogens (tertiary/aromatic N) is 3. The number of rotatable bonds is 12. The zero-order valence-corrected chi connectivity index (χ0v) is 37.2. The highest BCUT2D eigenvalue weighted by Crippen LogP contribution is 2.88. The third-order valence-electron chi connectivity index (χ3n) is 16.1. The van der Waals surface area contributed by atoms with Crippen molar-refractivity contribution < 1.29 is 32.4 Å². The van der Waals surface area contributed by atoms with Gasteiger partial charge in [0.2, 0.25) is 17.7 Å². The molecule has 5 amide bonds. The van der Waals surface area contributed by atoms with E-state index in [4.69, 9.17) is 0 Å². The summed E-state index contributed by atoms with van der Waals surface area (Å²) in [6, 6.07) is 6.05. The lowest BCUT2D eigenvalue weighted by Crippen LogP contribution is -2.62. The molecule has 6 atom stereocenters. The van der Waals surface area contributed by atoms with Crippen molar-refractivity contribution in [3.63, 3.8) is 0 Å². The molecular formula is C46H63N7O7S. The monoisotopic (exact) mass is 857 g/mol. The summed E-state index contributed by atoms with van der Waals surface area (Å²) in [5.41, 5.74) is -1.83. The fraction of sp³-hybridized carbons (Fsp3) is 0.652. The number of amides is 5. The van der Waals surface area contributed by atoms with E-state index in [-0.39, 0.29) is 28.6 Å². The lowest BCUT2D eigenvalue weighted by molar-refractivity contribution is -0.145. The maximum absolute atomic E-state index is 15.3. The third kappa shape index (κ3) is 7.15. The molecule has 0 bridgehead atoms. The number of para-hydroxylation sites is 1. The van der Waals surface area contributed by atoms with Gasteiger partial charge in [-0.2, -0.15) is 12.7 Å². The number of fused-ring (bicyclic) bond motifs is 2. The number of carbonyl (C=O) groups excluding carboxylic acids is 5. The summed E-state index contributed by atoms with van der Waals surface area (Å²) in [5.74, 6) is -3.25. The van der Waals surface area contributed by atoms with Gasteiger partial charge in [0.1, 0.15) is 23.7 Å². The molecule has 0 unspecified atom stereocenters. The molecule has 4 aliphatic carbocycles. The van der Waals surface area contributed by atoms with Gasteiger partial charge in [-0.3, -0.25) is 29.0 Å². The number of carbonyl (C=O) groups is 5. The van der Waals surface area contributed by atoms with E-state index in [9.17, 15) is 27.6 Å². The van der Waals surface area contributed by atoms with Gasteiger partial charge in [0.25, 0.3) is 11.8 Å². The molecule has 0 radical (unpaired) electrons. The molecular weight excluding hydrogens is 795 g/mol. The fourth-order valence-electron chi connectivity index (χ4n) is 12.0. The van der Waals surface area contributed by atoms with Gasteiger partial charge in [0, 0.05) is 42.6 Å². The van der Waals surface area contributed by atoms with Crippen LogP contribution in [0.3, 0.4) is 0 Å². The lowest BCUT2D eigenvalue weighted by Gasteiger charge is -2.38. The molecule has 6 fully saturated rings. The van der Waals surface area contributed by atoms with Crippen molar-refractivity contribution in [2.75, 3.05) is 19.6 Å². The first-order valence-corrected chi connectivity index (χ1v) is 23.8. The molecule has 15 heteroatoms. The SMILES string of the molecule is C=C[C@@H]1C[C@]1(NC(=O)[C@@H]1C[C@@]2(CN1C(=O)[C@@H](NC(=O)[C@@H](NC(=O)c1ccnc3ccccc13)C1CCCCC1)C(C)(C)C)C(C)(C)C21CCC1)C(=O)NS(=O)(=O)N1CCCC1. The average molecular weight is 858 g/mol. The molecule has 4 N–H and O–H groups in total. The molecule has 4 saturated carbocycles. The Morgan fingerprint density at radius 1 is 0.902 bits per heavy atom. The van der Waals surface area contributed by atoms with E-state index in [1.807, 2.05) is 45.0 Å². The van der Waals surface area contributed by atoms with Crippen molar-refractivity contribution in [2.45, 2.75) is 135 Å². The summed E-state index contributed by atoms with van der Waals surface area (Å²) in [6.07, 6.45) is 12.5. The predicted octanol–water partition coefficient (Wildman–Crippen LogP) is 4.76. The van der Waals surface area contributed by atoms with Gasteiger partial charge >= 0.3 is 10.2 Å². The van der Waals surface area contributed by atoms with E-state index in [1.165, 1.54) is 4.31 Å². The standard InChI is InChI=1S/C46H63N7O7S/c1-7-30-26-46(30,41(58)51-61(59,60)52-24-13-14-25-52)50-38(55)34-27-45(43(5,6)44(45)21-15-22-44)28-53(34)40(57)36(42(2,3)4)49-39(56)35(29-16-9-8-10-17-29)48-37(54)32-20-23-47-33-19-12-11-18-31(32)33/h7,11-12,18-20,23,29-30,34-36H,1,8-10,13-17,21-22,24-28H2,2-6H3,(H,48,54)(H,49,56)(H,50,55)(H,51,58)/t30-,34+,35+,36-,45-,46-/m1/s1. The summed E-state index contributed by atoms with van der Waals surface area (Å²) in [6.45, 7) is 14.9. The van der Waals surface area contributed by atoms with Crippen LogP contribution in [0.4, 0.5) is 0 Å². The summed E-state index contributed by atoms with van der Waals surface area (Å²) in [5, 5.41) is 9.81. The maximum Gasteiger partial charge on any atom is 0.303 e. The minimum Gasteiger partial charge on any atom is -0.342 e. The molecule has 2 saturated heterocycles. The maximum atomic E-state index is 15.3. The Morgan fingerprint density at radius 3 is 2.20 bits per heavy atom. The van der Waals surface area contributed by atoms with Crippen LogP contribution in [0.2, 0.25) is 0 Å². The first kappa shape index (κ1) is 43.3. The van der Waals surface area contributed by atoms with E-state index in [0.29, 0.717) is 55.4 Å². The second-order valence-corrected chi connectivity index (χ2v) is 22.1. The van der Waals surface area contributed by atoms with E-state index in [1.54, 1.807) is 23.2 Å². The van der Waals surface area contributed by atoms with E-state index in [2.05, 4.69) is 46.1 Å². The van der Waals surface area contributed by atoms with Gasteiger partial charge in [0.15, 0.2) is 0 Å². The van der Waals surface area contributed by atoms with Crippen LogP contribution in [-0.2, 0) is 29.4 Å². The molecule has 1 aromatic carbocycles. The van der Waals surface area contributed by atoms with E-state index >= 15 is 4.79 Å². The topological polar surface area (TPSA) is 187 Å². The highest BCUT2D eigenvalue weighted by molar-refractivity contribution is 7.87. The first-order chi connectivity index (χ1) is 28.8. The van der Waals surface area contributed by atoms with Crippen molar-refractivity contribution in [2.24, 2.45) is 33.5 Å². The minimum atomic E-state index is -4.12. The summed E-state index contributed by atoms with van der Waals surface area (Å²) >= 11 is 0. The Hall–Kier alpha value is -4.37. The van der Waals surface area contributed by atoms with Crippen LogP contribution in [-0.4, -0.2) is 95.4 Å². The zero-order chi connectivity index (χ0) is 43.8. The summed E-state index contributed by atoms with van der Waals surface area (Å²) in [4.78, 5) is 78.8. The molecule has 1 aromatic heterocycles. The number of hydrogen-bond acceptors (Lipinski definition) is 8. The Labute approximate surface area is 360 Å². The molecule has 61 heavy (non-hydrogen) atoms. The fourth-order valence-corrected chi connectivity index (χ4v) is 13.3. The van der Waals surface area contributed by atoms with Crippen LogP contribution >= 0.6 is 0 Å². The number of benzene rings is 1. The Bertz CT molecular complexity index is 2230. The second kappa shape index (κ2) is 15.5. The number of aromatic nitrogens is 1. The van der Waals surface area contributed by atoms with Crippen LogP contribution in [0.25, 0.3) is 10.9 Å². The summed E-state index contributed by atoms with van der Waals surface area (Å²) in [7, 11) is -4.12. The van der Waals surface area contributed by atoms with Gasteiger partial charge in [-0.1, -0.05) is 84.6 Å². The van der Waals surface area contributed by atoms with Crippen molar-refractivity contribution in [1.29, 1.82) is 0 Å². The van der Waals surface area contributed by atoms with Gasteiger partial charge < -0.3 is 20.9 Å². The molecule has 8 rings (SSSR count). The number of likely N-dealkylation sites (tertiary alicyclic amines) is 1. The Morgan fingerprint density at radius 2 is 1.59 bits per heavy atom. The van der Waals surface area contributed by atoms with Gasteiger partial charge in [-0.25, -0.2) is 4.72 Å². The molecule has 330 valence electrons. The lowest BCUT2D eigenvalue weighted by atomic mass is 9.73. The Kier molecular flexibility index (Phi) is 11.0. The Balaban J connectivity index is 1.07. The number of hydrogen-bond donors (Lipinski definition) is 4. The molecule has 2 aromatic rings. The average Bonchev–Trinajstić information content (AvgIpc) is 3.67. The van der Waals surface area contributed by atoms with Crippen LogP contribution in [0.1, 0.15) is 122 Å². The molecule has 2 spiro atoms. The zero-order valence-electron chi connectivity index (χ0n) is 36.3. The van der Waals surface area contributed by atoms with Crippen LogP contribution in [0.15, 0.2) is 49.2 Å². The predicted molar refractivity (Wildman–Crippen MR) is 231 cm³/mol. The van der Waals surface area contributed by atoms with Crippen molar-refractivity contribution in [3.8, 4) is 0 Å². The van der Waals surface area contributed by atoms with Gasteiger partial charge in [-0.05, 0) is 85.7 Å². The normalized spacial score (nSPS) is 29.0. The highest BCUT2D eigenvalue weighted by Gasteiger charge is 2.85. The van der Waals surface area contributed by atoms with Crippen LogP contribution in [0, 0.1) is 33.5 Å².